The van der Waals surface area contributed by atoms with Gasteiger partial charge in [-0.2, -0.15) is 0 Å². The summed E-state index contributed by atoms with van der Waals surface area (Å²) in [6.07, 6.45) is -0.898. The minimum absolute atomic E-state index is 0.0738. The van der Waals surface area contributed by atoms with E-state index in [1.54, 1.807) is 20.8 Å². The molecule has 3 rings (SSSR count). The van der Waals surface area contributed by atoms with Crippen LogP contribution in [0, 0.1) is 0 Å². The Labute approximate surface area is 253 Å². The fourth-order valence-corrected chi connectivity index (χ4v) is 6.29. The monoisotopic (exact) mass is 672 g/mol. The summed E-state index contributed by atoms with van der Waals surface area (Å²) in [5.74, 6) is -0.673. The smallest absolute Gasteiger partial charge is 0.415 e. The molecule has 1 aliphatic heterocycles. The van der Waals surface area contributed by atoms with Crippen molar-refractivity contribution in [1.29, 1.82) is 0 Å². The van der Waals surface area contributed by atoms with Crippen LogP contribution in [0.5, 0.6) is 0 Å². The van der Waals surface area contributed by atoms with Gasteiger partial charge in [0.25, 0.3) is 5.91 Å². The lowest BCUT2D eigenvalue weighted by atomic mass is 10.0. The molecule has 0 aliphatic carbocycles. The first-order valence-electron chi connectivity index (χ1n) is 12.9. The van der Waals surface area contributed by atoms with Crippen LogP contribution in [0.15, 0.2) is 39.7 Å². The van der Waals surface area contributed by atoms with Gasteiger partial charge in [0.05, 0.1) is 21.9 Å². The van der Waals surface area contributed by atoms with E-state index in [2.05, 4.69) is 21.2 Å². The Morgan fingerprint density at radius 2 is 1.83 bits per heavy atom. The van der Waals surface area contributed by atoms with E-state index in [1.165, 1.54) is 47.1 Å². The third-order valence-corrected chi connectivity index (χ3v) is 9.19. The predicted molar refractivity (Wildman–Crippen MR) is 160 cm³/mol. The summed E-state index contributed by atoms with van der Waals surface area (Å²) in [6.45, 7) is 7.12. The van der Waals surface area contributed by atoms with Crippen molar-refractivity contribution in [1.82, 2.24) is 10.2 Å². The number of ether oxygens (including phenoxy) is 1. The molecule has 224 valence electrons. The highest BCUT2D eigenvalue weighted by atomic mass is 79.9. The summed E-state index contributed by atoms with van der Waals surface area (Å²) in [4.78, 5) is 40.7. The molecule has 0 atom stereocenters. The number of piperidine rings is 1. The number of carbonyl (C=O) groups excluding carboxylic acids is 2. The number of hydrogen-bond acceptors (Lipinski definition) is 7. The molecule has 0 saturated carbocycles. The van der Waals surface area contributed by atoms with Crippen LogP contribution in [0.3, 0.4) is 0 Å². The van der Waals surface area contributed by atoms with Gasteiger partial charge < -0.3 is 25.8 Å². The van der Waals surface area contributed by atoms with Gasteiger partial charge in [-0.3, -0.25) is 9.69 Å². The van der Waals surface area contributed by atoms with Crippen molar-refractivity contribution in [2.45, 2.75) is 63.6 Å². The molecule has 14 heteroatoms. The number of nitrogen functional groups attached to an aromatic ring is 1. The number of halogens is 2. The lowest BCUT2D eigenvalue weighted by molar-refractivity contribution is 0.0549. The van der Waals surface area contributed by atoms with Crippen molar-refractivity contribution < 1.29 is 32.6 Å². The zero-order chi connectivity index (χ0) is 30.7. The SMILES string of the molecule is CCS(=O)(=O)c1ccc(Cl)cc1CNC(=O)c1cc(Br)c(N(C(=O)OC(C)(C)C)C2CCN(C(=O)O)CC2)cc1N. The summed E-state index contributed by atoms with van der Waals surface area (Å²) in [5.41, 5.74) is 6.39. The maximum absolute atomic E-state index is 13.4. The number of nitrogens with two attached hydrogens (primary N) is 1. The topological polar surface area (TPSA) is 159 Å². The fourth-order valence-electron chi connectivity index (χ4n) is 4.45. The normalized spacial score (nSPS) is 14.4. The van der Waals surface area contributed by atoms with Crippen LogP contribution in [-0.2, 0) is 21.1 Å². The van der Waals surface area contributed by atoms with E-state index >= 15 is 0 Å². The van der Waals surface area contributed by atoms with Crippen LogP contribution in [0.2, 0.25) is 5.02 Å². The zero-order valence-corrected chi connectivity index (χ0v) is 26.4. The highest BCUT2D eigenvalue weighted by molar-refractivity contribution is 9.10. The highest BCUT2D eigenvalue weighted by Gasteiger charge is 2.35. The second-order valence-corrected chi connectivity index (χ2v) is 14.1. The van der Waals surface area contributed by atoms with Crippen LogP contribution >= 0.6 is 27.5 Å². The molecule has 2 aromatic carbocycles. The lowest BCUT2D eigenvalue weighted by Gasteiger charge is -2.38. The van der Waals surface area contributed by atoms with Crippen molar-refractivity contribution >= 4 is 66.8 Å². The highest BCUT2D eigenvalue weighted by Crippen LogP contribution is 2.36. The number of hydrogen-bond donors (Lipinski definition) is 3. The van der Waals surface area contributed by atoms with Crippen molar-refractivity contribution in [3.8, 4) is 0 Å². The van der Waals surface area contributed by atoms with E-state index in [0.717, 1.165) is 0 Å². The number of carboxylic acid groups (broad SMARTS) is 1. The van der Waals surface area contributed by atoms with E-state index in [9.17, 15) is 27.9 Å². The number of rotatable bonds is 7. The minimum atomic E-state index is -3.56. The number of anilines is 2. The molecule has 0 spiro atoms. The molecule has 0 unspecified atom stereocenters. The third-order valence-electron chi connectivity index (χ3n) is 6.49. The minimum Gasteiger partial charge on any atom is -0.465 e. The average Bonchev–Trinajstić information content (AvgIpc) is 2.88. The van der Waals surface area contributed by atoms with E-state index in [4.69, 9.17) is 22.1 Å². The van der Waals surface area contributed by atoms with E-state index in [0.29, 0.717) is 33.6 Å². The van der Waals surface area contributed by atoms with Gasteiger partial charge in [0.1, 0.15) is 5.60 Å². The van der Waals surface area contributed by atoms with Crippen molar-refractivity contribution in [3.05, 3.63) is 51.0 Å². The number of amides is 3. The molecule has 2 aromatic rings. The van der Waals surface area contributed by atoms with Gasteiger partial charge in [0, 0.05) is 40.9 Å². The van der Waals surface area contributed by atoms with Crippen LogP contribution in [0.4, 0.5) is 21.0 Å². The second-order valence-electron chi connectivity index (χ2n) is 10.6. The Kier molecular flexibility index (Phi) is 10.2. The number of sulfone groups is 1. The molecule has 11 nitrogen and oxygen atoms in total. The van der Waals surface area contributed by atoms with Crippen LogP contribution in [0.25, 0.3) is 0 Å². The number of benzene rings is 2. The summed E-state index contributed by atoms with van der Waals surface area (Å²) in [5, 5.41) is 12.4. The standard InChI is InChI=1S/C27H34BrClN4O7S/c1-5-41(38,39)23-7-6-17(29)12-16(23)15-31-24(34)19-13-20(28)22(14-21(19)30)33(26(37)40-27(2,3)4)18-8-10-32(11-9-18)25(35)36/h6-7,12-14,18H,5,8-11,15,30H2,1-4H3,(H,31,34)(H,35,36). The van der Waals surface area contributed by atoms with E-state index < -0.39 is 33.5 Å². The quantitative estimate of drug-likeness (QED) is 0.334. The van der Waals surface area contributed by atoms with Gasteiger partial charge in [-0.15, -0.1) is 0 Å². The fraction of sp³-hybridized carbons (Fsp3) is 0.444. The summed E-state index contributed by atoms with van der Waals surface area (Å²) in [6, 6.07) is 6.96. The molecule has 0 bridgehead atoms. The summed E-state index contributed by atoms with van der Waals surface area (Å²) in [7, 11) is -3.56. The summed E-state index contributed by atoms with van der Waals surface area (Å²) < 4.78 is 31.1. The first kappa shape index (κ1) is 32.5. The van der Waals surface area contributed by atoms with E-state index in [-0.39, 0.29) is 47.6 Å². The van der Waals surface area contributed by atoms with Gasteiger partial charge in [0.2, 0.25) is 0 Å². The van der Waals surface area contributed by atoms with Crippen LogP contribution in [0.1, 0.15) is 56.5 Å². The lowest BCUT2D eigenvalue weighted by Crippen LogP contribution is -2.50. The molecule has 1 saturated heterocycles. The zero-order valence-electron chi connectivity index (χ0n) is 23.2. The average molecular weight is 674 g/mol. The predicted octanol–water partition coefficient (Wildman–Crippen LogP) is 5.29. The molecule has 4 N–H and O–H groups in total. The van der Waals surface area contributed by atoms with Crippen molar-refractivity contribution in [3.63, 3.8) is 0 Å². The van der Waals surface area contributed by atoms with Crippen LogP contribution in [-0.4, -0.2) is 67.0 Å². The Hall–Kier alpha value is -3.03. The van der Waals surface area contributed by atoms with Crippen molar-refractivity contribution in [2.75, 3.05) is 29.5 Å². The van der Waals surface area contributed by atoms with E-state index in [1.807, 2.05) is 0 Å². The van der Waals surface area contributed by atoms with Gasteiger partial charge in [0.15, 0.2) is 9.84 Å². The van der Waals surface area contributed by atoms with Gasteiger partial charge in [-0.1, -0.05) is 18.5 Å². The maximum atomic E-state index is 13.4. The second kappa shape index (κ2) is 12.9. The van der Waals surface area contributed by atoms with Crippen LogP contribution < -0.4 is 16.0 Å². The largest absolute Gasteiger partial charge is 0.465 e. The number of nitrogens with one attached hydrogen (secondary N) is 1. The maximum Gasteiger partial charge on any atom is 0.415 e. The first-order valence-corrected chi connectivity index (χ1v) is 15.7. The summed E-state index contributed by atoms with van der Waals surface area (Å²) >= 11 is 9.55. The first-order chi connectivity index (χ1) is 19.0. The molecular weight excluding hydrogens is 640 g/mol. The third kappa shape index (κ3) is 8.04. The molecule has 41 heavy (non-hydrogen) atoms. The van der Waals surface area contributed by atoms with Gasteiger partial charge >= 0.3 is 12.2 Å². The Balaban J connectivity index is 1.90. The Morgan fingerprint density at radius 3 is 2.39 bits per heavy atom. The number of likely N-dealkylation sites (tertiary alicyclic amines) is 1. The molecule has 3 amide bonds. The molecule has 0 aromatic heterocycles. The van der Waals surface area contributed by atoms with Crippen molar-refractivity contribution in [2.24, 2.45) is 0 Å². The molecule has 1 fully saturated rings. The van der Waals surface area contributed by atoms with Gasteiger partial charge in [-0.25, -0.2) is 18.0 Å². The Bertz CT molecular complexity index is 1440. The Morgan fingerprint density at radius 1 is 1.20 bits per heavy atom. The number of nitrogens with zero attached hydrogens (tertiary/aromatic N) is 2. The molecule has 1 aliphatic rings. The molecule has 0 radical (unpaired) electrons. The molecular formula is C27H34BrClN4O7S. The molecule has 1 heterocycles. The number of carbonyl (C=O) groups is 3. The van der Waals surface area contributed by atoms with Gasteiger partial charge in [-0.05, 0) is 85.4 Å².